The molecule has 0 aliphatic heterocycles. The van der Waals surface area contributed by atoms with E-state index >= 15 is 0 Å². The van der Waals surface area contributed by atoms with Gasteiger partial charge in [0, 0.05) is 12.8 Å². The zero-order chi connectivity index (χ0) is 54.3. The molecule has 0 fully saturated rings. The van der Waals surface area contributed by atoms with Crippen molar-refractivity contribution in [2.75, 3.05) is 13.2 Å². The number of carbonyl (C=O) groups excluding carboxylic acids is 2. The molecular formula is C69H135NO5. The normalized spacial score (nSPS) is 12.5. The van der Waals surface area contributed by atoms with Crippen LogP contribution < -0.4 is 5.32 Å². The lowest BCUT2D eigenvalue weighted by molar-refractivity contribution is -0.143. The van der Waals surface area contributed by atoms with Gasteiger partial charge in [0.2, 0.25) is 5.91 Å². The third kappa shape index (κ3) is 61.7. The average Bonchev–Trinajstić information content (AvgIpc) is 3.41. The van der Waals surface area contributed by atoms with Crippen molar-refractivity contribution in [2.45, 2.75) is 405 Å². The number of unbranched alkanes of at least 4 members (excludes halogenated alkanes) is 54. The first-order valence-electron chi connectivity index (χ1n) is 34.5. The van der Waals surface area contributed by atoms with Gasteiger partial charge in [0.15, 0.2) is 0 Å². The number of hydrogen-bond acceptors (Lipinski definition) is 5. The smallest absolute Gasteiger partial charge is 0.305 e. The van der Waals surface area contributed by atoms with Gasteiger partial charge in [-0.3, -0.25) is 9.59 Å². The Morgan fingerprint density at radius 1 is 0.360 bits per heavy atom. The molecule has 0 aromatic heterocycles. The van der Waals surface area contributed by atoms with Crippen molar-refractivity contribution in [3.05, 3.63) is 12.2 Å². The number of allylic oxidation sites excluding steroid dienone is 1. The SMILES string of the molecule is CCCCCCCCCCCCCCCCCCC/C=C/C(O)C(CO)NC(=O)CCCCCCCCCCCCCCCCCCCCCCCOC(=O)CCCCCCCCCCCCCCCCCCCC. The molecule has 1 amide bonds. The lowest BCUT2D eigenvalue weighted by Gasteiger charge is -2.20. The van der Waals surface area contributed by atoms with Crippen LogP contribution in [0.4, 0.5) is 0 Å². The first kappa shape index (κ1) is 73.6. The van der Waals surface area contributed by atoms with Crippen LogP contribution in [0.25, 0.3) is 0 Å². The molecule has 75 heavy (non-hydrogen) atoms. The molecule has 0 aliphatic rings. The Morgan fingerprint density at radius 2 is 0.613 bits per heavy atom. The summed E-state index contributed by atoms with van der Waals surface area (Å²) < 4.78 is 5.51. The first-order valence-corrected chi connectivity index (χ1v) is 34.5. The molecule has 446 valence electrons. The summed E-state index contributed by atoms with van der Waals surface area (Å²) in [6.45, 7) is 4.95. The lowest BCUT2D eigenvalue weighted by Crippen LogP contribution is -2.45. The second-order valence-corrected chi connectivity index (χ2v) is 23.9. The summed E-state index contributed by atoms with van der Waals surface area (Å²) in [5.41, 5.74) is 0. The van der Waals surface area contributed by atoms with Gasteiger partial charge in [0.05, 0.1) is 25.4 Å². The van der Waals surface area contributed by atoms with E-state index in [1.54, 1.807) is 6.08 Å². The molecular weight excluding hydrogens is 923 g/mol. The van der Waals surface area contributed by atoms with Crippen LogP contribution in [-0.2, 0) is 14.3 Å². The summed E-state index contributed by atoms with van der Waals surface area (Å²) in [6.07, 6.45) is 79.9. The zero-order valence-corrected chi connectivity index (χ0v) is 51.1. The molecule has 0 saturated heterocycles. The molecule has 0 aromatic rings. The van der Waals surface area contributed by atoms with Crippen molar-refractivity contribution in [3.8, 4) is 0 Å². The molecule has 0 aromatic carbocycles. The fourth-order valence-corrected chi connectivity index (χ4v) is 11.1. The number of esters is 1. The van der Waals surface area contributed by atoms with Crippen LogP contribution >= 0.6 is 0 Å². The molecule has 0 aliphatic carbocycles. The van der Waals surface area contributed by atoms with Crippen molar-refractivity contribution < 1.29 is 24.5 Å². The highest BCUT2D eigenvalue weighted by Gasteiger charge is 2.18. The topological polar surface area (TPSA) is 95.9 Å². The predicted octanol–water partition coefficient (Wildman–Crippen LogP) is 22.0. The predicted molar refractivity (Wildman–Crippen MR) is 329 cm³/mol. The quantitative estimate of drug-likeness (QED) is 0.0320. The summed E-state index contributed by atoms with van der Waals surface area (Å²) in [5, 5.41) is 23.2. The van der Waals surface area contributed by atoms with E-state index < -0.39 is 12.1 Å². The number of ether oxygens (including phenoxy) is 1. The van der Waals surface area contributed by atoms with E-state index in [0.29, 0.717) is 19.4 Å². The van der Waals surface area contributed by atoms with Gasteiger partial charge < -0.3 is 20.3 Å². The Kier molecular flexibility index (Phi) is 63.9. The molecule has 2 unspecified atom stereocenters. The Hall–Kier alpha value is -1.40. The van der Waals surface area contributed by atoms with Crippen molar-refractivity contribution in [1.29, 1.82) is 0 Å². The van der Waals surface area contributed by atoms with Crippen molar-refractivity contribution in [2.24, 2.45) is 0 Å². The van der Waals surface area contributed by atoms with Gasteiger partial charge in [-0.1, -0.05) is 360 Å². The number of amides is 1. The largest absolute Gasteiger partial charge is 0.466 e. The van der Waals surface area contributed by atoms with Crippen LogP contribution in [0.15, 0.2) is 12.2 Å². The standard InChI is InChI=1S/C69H135NO5/c1-3-5-7-9-11-13-15-17-19-21-26-29-33-37-41-45-49-53-57-61-67(72)66(65-71)70-68(73)62-58-54-50-46-42-38-34-30-27-24-23-25-28-32-36-40-44-48-52-56-60-64-75-69(74)63-59-55-51-47-43-39-35-31-22-20-18-16-14-12-10-8-6-4-2/h57,61,66-67,71-72H,3-56,58-60,62-65H2,1-2H3,(H,70,73)/b61-57+. The maximum absolute atomic E-state index is 12.5. The van der Waals surface area contributed by atoms with Gasteiger partial charge in [-0.2, -0.15) is 0 Å². The highest BCUT2D eigenvalue weighted by Crippen LogP contribution is 2.19. The monoisotopic (exact) mass is 1060 g/mol. The number of hydrogen-bond donors (Lipinski definition) is 3. The van der Waals surface area contributed by atoms with Gasteiger partial charge in [0.1, 0.15) is 0 Å². The summed E-state index contributed by atoms with van der Waals surface area (Å²) in [4.78, 5) is 24.6. The minimum atomic E-state index is -0.845. The summed E-state index contributed by atoms with van der Waals surface area (Å²) >= 11 is 0. The van der Waals surface area contributed by atoms with Gasteiger partial charge in [-0.25, -0.2) is 0 Å². The van der Waals surface area contributed by atoms with E-state index in [9.17, 15) is 19.8 Å². The minimum Gasteiger partial charge on any atom is -0.466 e. The highest BCUT2D eigenvalue weighted by molar-refractivity contribution is 5.76. The Bertz CT molecular complexity index is 1130. The maximum Gasteiger partial charge on any atom is 0.305 e. The summed E-state index contributed by atoms with van der Waals surface area (Å²) in [6, 6.07) is -0.629. The number of rotatable bonds is 65. The molecule has 0 bridgehead atoms. The third-order valence-corrected chi connectivity index (χ3v) is 16.3. The van der Waals surface area contributed by atoms with Crippen LogP contribution in [0.1, 0.15) is 393 Å². The summed E-state index contributed by atoms with van der Waals surface area (Å²) in [7, 11) is 0. The number of carbonyl (C=O) groups is 2. The van der Waals surface area contributed by atoms with E-state index in [-0.39, 0.29) is 18.5 Å². The van der Waals surface area contributed by atoms with E-state index in [2.05, 4.69) is 19.2 Å². The number of nitrogens with one attached hydrogen (secondary N) is 1. The number of aliphatic hydroxyl groups excluding tert-OH is 2. The molecule has 0 rings (SSSR count). The molecule has 0 spiro atoms. The fourth-order valence-electron chi connectivity index (χ4n) is 11.1. The summed E-state index contributed by atoms with van der Waals surface area (Å²) in [5.74, 6) is -0.0479. The minimum absolute atomic E-state index is 0.0169. The fraction of sp³-hybridized carbons (Fsp3) is 0.942. The van der Waals surface area contributed by atoms with Crippen molar-refractivity contribution >= 4 is 11.9 Å². The molecule has 0 heterocycles. The molecule has 3 N–H and O–H groups in total. The Labute approximate surface area is 469 Å². The molecule has 0 saturated carbocycles. The van der Waals surface area contributed by atoms with Gasteiger partial charge in [-0.05, 0) is 32.1 Å². The third-order valence-electron chi connectivity index (χ3n) is 16.3. The van der Waals surface area contributed by atoms with Gasteiger partial charge >= 0.3 is 5.97 Å². The van der Waals surface area contributed by atoms with Crippen LogP contribution in [0, 0.1) is 0 Å². The van der Waals surface area contributed by atoms with Crippen molar-refractivity contribution in [3.63, 3.8) is 0 Å². The van der Waals surface area contributed by atoms with E-state index in [0.717, 1.165) is 38.5 Å². The van der Waals surface area contributed by atoms with Crippen LogP contribution in [0.5, 0.6) is 0 Å². The van der Waals surface area contributed by atoms with Gasteiger partial charge in [0.25, 0.3) is 0 Å². The molecule has 0 radical (unpaired) electrons. The second kappa shape index (κ2) is 65.1. The average molecular weight is 1060 g/mol. The zero-order valence-electron chi connectivity index (χ0n) is 51.1. The van der Waals surface area contributed by atoms with E-state index in [1.807, 2.05) is 6.08 Å². The van der Waals surface area contributed by atoms with E-state index in [4.69, 9.17) is 4.74 Å². The van der Waals surface area contributed by atoms with Gasteiger partial charge in [-0.15, -0.1) is 0 Å². The lowest BCUT2D eigenvalue weighted by atomic mass is 10.0. The Morgan fingerprint density at radius 3 is 0.907 bits per heavy atom. The molecule has 6 nitrogen and oxygen atoms in total. The number of aliphatic hydroxyl groups is 2. The Balaban J connectivity index is 3.38. The van der Waals surface area contributed by atoms with Crippen molar-refractivity contribution in [1.82, 2.24) is 5.32 Å². The van der Waals surface area contributed by atoms with E-state index in [1.165, 1.54) is 327 Å². The molecule has 6 heteroatoms. The molecule has 2 atom stereocenters. The maximum atomic E-state index is 12.5. The second-order valence-electron chi connectivity index (χ2n) is 23.9. The van der Waals surface area contributed by atoms with Crippen LogP contribution in [-0.4, -0.2) is 47.4 Å². The van der Waals surface area contributed by atoms with Crippen LogP contribution in [0.3, 0.4) is 0 Å². The highest BCUT2D eigenvalue weighted by atomic mass is 16.5. The first-order chi connectivity index (χ1) is 37.0. The van der Waals surface area contributed by atoms with Crippen LogP contribution in [0.2, 0.25) is 0 Å².